The van der Waals surface area contributed by atoms with Gasteiger partial charge in [0, 0.05) is 30.0 Å². The molecule has 0 aliphatic rings. The number of hydrogen-bond donors (Lipinski definition) is 1. The second-order valence-corrected chi connectivity index (χ2v) is 6.23. The van der Waals surface area contributed by atoms with Crippen molar-refractivity contribution in [3.63, 3.8) is 0 Å². The summed E-state index contributed by atoms with van der Waals surface area (Å²) >= 11 is 5.99. The van der Waals surface area contributed by atoms with Gasteiger partial charge >= 0.3 is 0 Å². The molecule has 134 valence electrons. The van der Waals surface area contributed by atoms with Gasteiger partial charge in [0.25, 0.3) is 0 Å². The number of aryl methyl sites for hydroxylation is 1. The first-order valence-electron chi connectivity index (χ1n) is 7.90. The van der Waals surface area contributed by atoms with Crippen LogP contribution in [0.3, 0.4) is 0 Å². The lowest BCUT2D eigenvalue weighted by molar-refractivity contribution is -0.121. The van der Waals surface area contributed by atoms with Crippen LogP contribution in [0, 0.1) is 11.6 Å². The third-order valence-corrected chi connectivity index (χ3v) is 4.38. The summed E-state index contributed by atoms with van der Waals surface area (Å²) in [6.07, 6.45) is 3.13. The van der Waals surface area contributed by atoms with Gasteiger partial charge in [0.1, 0.15) is 23.5 Å². The number of halogens is 3. The molecular weight excluding hydrogens is 360 g/mol. The topological polar surface area (TPSA) is 46.9 Å². The number of nitrogens with zero attached hydrogens (tertiary/aromatic N) is 2. The molecule has 0 spiro atoms. The van der Waals surface area contributed by atoms with Crippen molar-refractivity contribution in [2.75, 3.05) is 0 Å². The van der Waals surface area contributed by atoms with Crippen LogP contribution >= 0.6 is 11.6 Å². The average molecular weight is 376 g/mol. The molecule has 1 amide bonds. The Kier molecular flexibility index (Phi) is 5.32. The van der Waals surface area contributed by atoms with E-state index in [9.17, 15) is 13.6 Å². The Balaban J connectivity index is 1.87. The minimum absolute atomic E-state index is 0.129. The lowest BCUT2D eigenvalue weighted by Gasteiger charge is -2.19. The summed E-state index contributed by atoms with van der Waals surface area (Å²) in [5.74, 6) is -0.765. The molecule has 1 aromatic heterocycles. The molecule has 2 aromatic carbocycles. The van der Waals surface area contributed by atoms with Crippen LogP contribution in [-0.4, -0.2) is 15.5 Å². The van der Waals surface area contributed by atoms with Gasteiger partial charge in [-0.1, -0.05) is 29.8 Å². The van der Waals surface area contributed by atoms with Crippen LogP contribution in [-0.2, 0) is 18.3 Å². The molecule has 7 heteroatoms. The normalized spacial score (nSPS) is 12.0. The van der Waals surface area contributed by atoms with E-state index in [-0.39, 0.29) is 22.8 Å². The summed E-state index contributed by atoms with van der Waals surface area (Å²) in [6, 6.07) is 9.43. The molecule has 0 unspecified atom stereocenters. The van der Waals surface area contributed by atoms with Gasteiger partial charge in [0.05, 0.1) is 6.42 Å². The fourth-order valence-electron chi connectivity index (χ4n) is 2.68. The van der Waals surface area contributed by atoms with Gasteiger partial charge in [-0.15, -0.1) is 0 Å². The predicted octanol–water partition coefficient (Wildman–Crippen LogP) is 3.80. The van der Waals surface area contributed by atoms with Crippen molar-refractivity contribution in [3.8, 4) is 0 Å². The van der Waals surface area contributed by atoms with Gasteiger partial charge in [0.2, 0.25) is 5.91 Å². The number of carbonyl (C=O) groups is 1. The number of amides is 1. The van der Waals surface area contributed by atoms with E-state index in [1.54, 1.807) is 36.1 Å². The highest BCUT2D eigenvalue weighted by atomic mass is 35.5. The fourth-order valence-corrected chi connectivity index (χ4v) is 2.91. The zero-order valence-electron chi connectivity index (χ0n) is 13.9. The molecule has 3 rings (SSSR count). The predicted molar refractivity (Wildman–Crippen MR) is 94.7 cm³/mol. The van der Waals surface area contributed by atoms with E-state index in [0.717, 1.165) is 0 Å². The highest BCUT2D eigenvalue weighted by Gasteiger charge is 2.22. The van der Waals surface area contributed by atoms with Crippen molar-refractivity contribution >= 4 is 17.5 Å². The molecule has 26 heavy (non-hydrogen) atoms. The highest BCUT2D eigenvalue weighted by molar-refractivity contribution is 6.31. The van der Waals surface area contributed by atoms with Crippen molar-refractivity contribution in [2.45, 2.75) is 12.5 Å². The van der Waals surface area contributed by atoms with Crippen LogP contribution in [0.4, 0.5) is 8.78 Å². The molecule has 4 nitrogen and oxygen atoms in total. The summed E-state index contributed by atoms with van der Waals surface area (Å²) in [5, 5.41) is 3.02. The first-order valence-corrected chi connectivity index (χ1v) is 8.28. The van der Waals surface area contributed by atoms with Crippen LogP contribution in [0.25, 0.3) is 0 Å². The summed E-state index contributed by atoms with van der Waals surface area (Å²) in [5.41, 5.74) is 0.790. The smallest absolute Gasteiger partial charge is 0.225 e. The number of carbonyl (C=O) groups excluding carboxylic acids is 1. The van der Waals surface area contributed by atoms with Gasteiger partial charge in [0.15, 0.2) is 0 Å². The third kappa shape index (κ3) is 3.91. The first-order chi connectivity index (χ1) is 12.5. The van der Waals surface area contributed by atoms with Crippen molar-refractivity contribution < 1.29 is 13.6 Å². The Morgan fingerprint density at radius 3 is 2.58 bits per heavy atom. The van der Waals surface area contributed by atoms with Gasteiger partial charge in [-0.3, -0.25) is 4.79 Å². The number of rotatable bonds is 5. The number of nitrogens with one attached hydrogen (secondary N) is 1. The van der Waals surface area contributed by atoms with E-state index in [0.29, 0.717) is 11.4 Å². The Hall–Kier alpha value is -2.73. The van der Waals surface area contributed by atoms with Crippen LogP contribution in [0.15, 0.2) is 54.9 Å². The second kappa shape index (κ2) is 7.66. The fraction of sp³-hybridized carbons (Fsp3) is 0.158. The Morgan fingerprint density at radius 1 is 1.23 bits per heavy atom. The molecule has 0 aliphatic carbocycles. The van der Waals surface area contributed by atoms with Gasteiger partial charge in [-0.2, -0.15) is 0 Å². The minimum Gasteiger partial charge on any atom is -0.342 e. The summed E-state index contributed by atoms with van der Waals surface area (Å²) in [7, 11) is 1.79. The molecular formula is C19H16ClF2N3O. The Morgan fingerprint density at radius 2 is 1.96 bits per heavy atom. The van der Waals surface area contributed by atoms with Gasteiger partial charge < -0.3 is 9.88 Å². The molecule has 3 aromatic rings. The molecule has 0 fully saturated rings. The van der Waals surface area contributed by atoms with E-state index in [1.165, 1.54) is 30.3 Å². The maximum Gasteiger partial charge on any atom is 0.225 e. The molecule has 0 saturated heterocycles. The standard InChI is InChI=1S/C19H16ClF2N3O/c1-25-10-9-23-19(25)18(12-5-7-13(21)8-6-12)24-17(26)11-14-15(20)3-2-4-16(14)22/h2-10,18H,11H2,1H3,(H,24,26)/t18-/m1/s1. The zero-order valence-corrected chi connectivity index (χ0v) is 14.7. The van der Waals surface area contributed by atoms with Gasteiger partial charge in [-0.25, -0.2) is 13.8 Å². The lowest BCUT2D eigenvalue weighted by Crippen LogP contribution is -2.32. The molecule has 0 saturated carbocycles. The molecule has 1 atom stereocenters. The summed E-state index contributed by atoms with van der Waals surface area (Å²) < 4.78 is 28.9. The quantitative estimate of drug-likeness (QED) is 0.737. The van der Waals surface area contributed by atoms with E-state index in [1.807, 2.05) is 0 Å². The molecule has 0 aliphatic heterocycles. The van der Waals surface area contributed by atoms with Crippen LogP contribution < -0.4 is 5.32 Å². The maximum atomic E-state index is 13.9. The Labute approximate surface area is 154 Å². The molecule has 0 radical (unpaired) electrons. The maximum absolute atomic E-state index is 13.9. The molecule has 1 N–H and O–H groups in total. The zero-order chi connectivity index (χ0) is 18.7. The average Bonchev–Trinajstić information content (AvgIpc) is 3.03. The number of benzene rings is 2. The van der Waals surface area contributed by atoms with Crippen LogP contribution in [0.2, 0.25) is 5.02 Å². The van der Waals surface area contributed by atoms with Gasteiger partial charge in [-0.05, 0) is 29.8 Å². The van der Waals surface area contributed by atoms with E-state index in [4.69, 9.17) is 11.6 Å². The number of aromatic nitrogens is 2. The number of imidazole rings is 1. The summed E-state index contributed by atoms with van der Waals surface area (Å²) in [4.78, 5) is 16.8. The van der Waals surface area contributed by atoms with E-state index >= 15 is 0 Å². The van der Waals surface area contributed by atoms with Crippen molar-refractivity contribution in [3.05, 3.63) is 88.5 Å². The third-order valence-electron chi connectivity index (χ3n) is 4.02. The monoisotopic (exact) mass is 375 g/mol. The molecule has 1 heterocycles. The molecule has 0 bridgehead atoms. The van der Waals surface area contributed by atoms with Crippen molar-refractivity contribution in [1.82, 2.24) is 14.9 Å². The number of hydrogen-bond acceptors (Lipinski definition) is 2. The van der Waals surface area contributed by atoms with Crippen molar-refractivity contribution in [1.29, 1.82) is 0 Å². The van der Waals surface area contributed by atoms with Crippen LogP contribution in [0.5, 0.6) is 0 Å². The Bertz CT molecular complexity index is 905. The summed E-state index contributed by atoms with van der Waals surface area (Å²) in [6.45, 7) is 0. The SMILES string of the molecule is Cn1ccnc1[C@H](NC(=O)Cc1c(F)cccc1Cl)c1ccc(F)cc1. The first kappa shape index (κ1) is 18.1. The minimum atomic E-state index is -0.603. The highest BCUT2D eigenvalue weighted by Crippen LogP contribution is 2.23. The van der Waals surface area contributed by atoms with Crippen LogP contribution in [0.1, 0.15) is 23.0 Å². The largest absolute Gasteiger partial charge is 0.342 e. The second-order valence-electron chi connectivity index (χ2n) is 5.83. The lowest BCUT2D eigenvalue weighted by atomic mass is 10.0. The van der Waals surface area contributed by atoms with Crippen molar-refractivity contribution in [2.24, 2.45) is 7.05 Å². The van der Waals surface area contributed by atoms with E-state index < -0.39 is 17.8 Å². The van der Waals surface area contributed by atoms with E-state index in [2.05, 4.69) is 10.3 Å².